The first-order chi connectivity index (χ1) is 7.56. The summed E-state index contributed by atoms with van der Waals surface area (Å²) in [7, 11) is 3.69. The minimum Gasteiger partial charge on any atom is -0.348 e. The molecular formula is C12H16N4. The van der Waals surface area contributed by atoms with Gasteiger partial charge in [-0.05, 0) is 25.0 Å². The first kappa shape index (κ1) is 12.1. The highest BCUT2D eigenvalue weighted by molar-refractivity contribution is 5.84. The van der Waals surface area contributed by atoms with E-state index in [1.165, 1.54) is 0 Å². The van der Waals surface area contributed by atoms with Gasteiger partial charge >= 0.3 is 0 Å². The van der Waals surface area contributed by atoms with Crippen LogP contribution in [-0.4, -0.2) is 25.0 Å². The number of nitriles is 1. The van der Waals surface area contributed by atoms with Gasteiger partial charge in [-0.25, -0.2) is 4.99 Å². The van der Waals surface area contributed by atoms with E-state index in [1.54, 1.807) is 4.90 Å². The Morgan fingerprint density at radius 2 is 1.88 bits per heavy atom. The summed E-state index contributed by atoms with van der Waals surface area (Å²) in [4.78, 5) is 6.23. The molecule has 1 rings (SSSR count). The van der Waals surface area contributed by atoms with Crippen molar-refractivity contribution in [1.82, 2.24) is 10.2 Å². The second-order valence-electron chi connectivity index (χ2n) is 3.81. The van der Waals surface area contributed by atoms with E-state index in [1.807, 2.05) is 52.3 Å². The lowest BCUT2D eigenvalue weighted by Crippen LogP contribution is -2.33. The van der Waals surface area contributed by atoms with Crippen molar-refractivity contribution < 1.29 is 0 Å². The second-order valence-corrected chi connectivity index (χ2v) is 3.81. The Morgan fingerprint density at radius 3 is 2.31 bits per heavy atom. The van der Waals surface area contributed by atoms with Crippen LogP contribution in [0.1, 0.15) is 11.1 Å². The molecule has 4 heteroatoms. The molecule has 0 amide bonds. The Morgan fingerprint density at radius 1 is 1.31 bits per heavy atom. The monoisotopic (exact) mass is 216 g/mol. The average molecular weight is 216 g/mol. The number of nitrogens with zero attached hydrogens (tertiary/aromatic N) is 3. The Balaban J connectivity index is 3.18. The first-order valence-corrected chi connectivity index (χ1v) is 5.03. The number of benzene rings is 1. The molecule has 1 aromatic rings. The van der Waals surface area contributed by atoms with E-state index in [-0.39, 0.29) is 0 Å². The van der Waals surface area contributed by atoms with Gasteiger partial charge in [0.05, 0.1) is 5.69 Å². The molecule has 1 aromatic carbocycles. The summed E-state index contributed by atoms with van der Waals surface area (Å²) < 4.78 is 0. The summed E-state index contributed by atoms with van der Waals surface area (Å²) in [5.74, 6) is 0.542. The number of para-hydroxylation sites is 1. The van der Waals surface area contributed by atoms with Crippen molar-refractivity contribution in [3.63, 3.8) is 0 Å². The molecule has 0 saturated heterocycles. The van der Waals surface area contributed by atoms with Gasteiger partial charge in [0.25, 0.3) is 0 Å². The van der Waals surface area contributed by atoms with E-state index >= 15 is 0 Å². The van der Waals surface area contributed by atoms with Gasteiger partial charge in [-0.2, -0.15) is 5.26 Å². The third kappa shape index (κ3) is 2.74. The molecule has 0 atom stereocenters. The molecule has 0 radical (unpaired) electrons. The van der Waals surface area contributed by atoms with E-state index in [0.29, 0.717) is 5.96 Å². The maximum atomic E-state index is 8.63. The standard InChI is InChI=1S/C12H16N4/c1-9-6-5-7-10(2)11(9)15-12(14-8-13)16(3)4/h5-7H,1-4H3,(H,14,15). The van der Waals surface area contributed by atoms with Crippen LogP contribution in [0.25, 0.3) is 0 Å². The van der Waals surface area contributed by atoms with Crippen LogP contribution in [0.15, 0.2) is 23.2 Å². The molecule has 0 bridgehead atoms. The average Bonchev–Trinajstić information content (AvgIpc) is 2.21. The Labute approximate surface area is 96.2 Å². The van der Waals surface area contributed by atoms with Gasteiger partial charge in [0.1, 0.15) is 0 Å². The minimum atomic E-state index is 0.542. The number of hydrogen-bond donors (Lipinski definition) is 1. The first-order valence-electron chi connectivity index (χ1n) is 5.03. The van der Waals surface area contributed by atoms with Crippen molar-refractivity contribution >= 4 is 11.6 Å². The third-order valence-electron chi connectivity index (χ3n) is 2.25. The zero-order valence-corrected chi connectivity index (χ0v) is 10.1. The fourth-order valence-corrected chi connectivity index (χ4v) is 1.38. The number of nitrogens with one attached hydrogen (secondary N) is 1. The molecule has 0 fully saturated rings. The normalized spacial score (nSPS) is 10.8. The van der Waals surface area contributed by atoms with E-state index in [0.717, 1.165) is 16.8 Å². The lowest BCUT2D eigenvalue weighted by molar-refractivity contribution is 0.603. The van der Waals surface area contributed by atoms with Crippen LogP contribution in [0.5, 0.6) is 0 Å². The van der Waals surface area contributed by atoms with Gasteiger partial charge < -0.3 is 4.90 Å². The van der Waals surface area contributed by atoms with Crippen LogP contribution in [0.4, 0.5) is 5.69 Å². The molecule has 0 aromatic heterocycles. The number of aliphatic imine (C=N–C) groups is 1. The summed E-state index contributed by atoms with van der Waals surface area (Å²) in [6.07, 6.45) is 1.89. The molecule has 4 nitrogen and oxygen atoms in total. The Bertz CT molecular complexity index is 421. The zero-order valence-electron chi connectivity index (χ0n) is 10.1. The van der Waals surface area contributed by atoms with Gasteiger partial charge in [0, 0.05) is 14.1 Å². The van der Waals surface area contributed by atoms with Gasteiger partial charge in [-0.1, -0.05) is 18.2 Å². The largest absolute Gasteiger partial charge is 0.348 e. The zero-order chi connectivity index (χ0) is 12.1. The lowest BCUT2D eigenvalue weighted by Gasteiger charge is -2.14. The van der Waals surface area contributed by atoms with Gasteiger partial charge in [-0.15, -0.1) is 0 Å². The highest BCUT2D eigenvalue weighted by Gasteiger charge is 2.05. The highest BCUT2D eigenvalue weighted by atomic mass is 15.3. The highest BCUT2D eigenvalue weighted by Crippen LogP contribution is 2.22. The molecule has 1 N–H and O–H groups in total. The van der Waals surface area contributed by atoms with Crippen LogP contribution in [-0.2, 0) is 0 Å². The van der Waals surface area contributed by atoms with Crippen molar-refractivity contribution in [2.75, 3.05) is 14.1 Å². The molecule has 0 heterocycles. The van der Waals surface area contributed by atoms with Crippen LogP contribution in [0.3, 0.4) is 0 Å². The van der Waals surface area contributed by atoms with Gasteiger partial charge in [0.15, 0.2) is 6.19 Å². The smallest absolute Gasteiger partial charge is 0.212 e. The fourth-order valence-electron chi connectivity index (χ4n) is 1.38. The second kappa shape index (κ2) is 5.17. The number of rotatable bonds is 1. The topological polar surface area (TPSA) is 51.4 Å². The summed E-state index contributed by atoms with van der Waals surface area (Å²) in [5, 5.41) is 11.2. The minimum absolute atomic E-state index is 0.542. The predicted octanol–water partition coefficient (Wildman–Crippen LogP) is 1.92. The molecular weight excluding hydrogens is 200 g/mol. The predicted molar refractivity (Wildman–Crippen MR) is 65.4 cm³/mol. The number of guanidine groups is 1. The number of aryl methyl sites for hydroxylation is 2. The van der Waals surface area contributed by atoms with Crippen LogP contribution in [0, 0.1) is 25.3 Å². The van der Waals surface area contributed by atoms with Crippen molar-refractivity contribution in [2.45, 2.75) is 13.8 Å². The van der Waals surface area contributed by atoms with Gasteiger partial charge in [0.2, 0.25) is 5.96 Å². The van der Waals surface area contributed by atoms with Crippen LogP contribution >= 0.6 is 0 Å². The molecule has 0 aliphatic carbocycles. The summed E-state index contributed by atoms with van der Waals surface area (Å²) >= 11 is 0. The fraction of sp³-hybridized carbons (Fsp3) is 0.333. The van der Waals surface area contributed by atoms with Crippen molar-refractivity contribution in [1.29, 1.82) is 5.26 Å². The van der Waals surface area contributed by atoms with Crippen molar-refractivity contribution in [3.05, 3.63) is 29.3 Å². The maximum Gasteiger partial charge on any atom is 0.212 e. The molecule has 0 unspecified atom stereocenters. The SMILES string of the molecule is Cc1cccc(C)c1N=C(NC#N)N(C)C. The Kier molecular flexibility index (Phi) is 3.90. The summed E-state index contributed by atoms with van der Waals surface area (Å²) in [6.45, 7) is 4.01. The quantitative estimate of drug-likeness (QED) is 0.338. The van der Waals surface area contributed by atoms with E-state index in [2.05, 4.69) is 10.3 Å². The maximum absolute atomic E-state index is 8.63. The number of hydrogen-bond acceptors (Lipinski definition) is 2. The Hall–Kier alpha value is -2.02. The molecule has 0 aliphatic rings. The molecule has 16 heavy (non-hydrogen) atoms. The van der Waals surface area contributed by atoms with Crippen LogP contribution < -0.4 is 5.32 Å². The molecule has 84 valence electrons. The van der Waals surface area contributed by atoms with E-state index < -0.39 is 0 Å². The molecule has 0 spiro atoms. The van der Waals surface area contributed by atoms with Crippen molar-refractivity contribution in [3.8, 4) is 6.19 Å². The lowest BCUT2D eigenvalue weighted by atomic mass is 10.1. The molecule has 0 aliphatic heterocycles. The van der Waals surface area contributed by atoms with E-state index in [9.17, 15) is 0 Å². The van der Waals surface area contributed by atoms with Crippen LogP contribution in [0.2, 0.25) is 0 Å². The molecule has 0 saturated carbocycles. The summed E-state index contributed by atoms with van der Waals surface area (Å²) in [6, 6.07) is 6.01. The van der Waals surface area contributed by atoms with E-state index in [4.69, 9.17) is 5.26 Å². The van der Waals surface area contributed by atoms with Gasteiger partial charge in [-0.3, -0.25) is 5.32 Å². The summed E-state index contributed by atoms with van der Waals surface area (Å²) in [5.41, 5.74) is 3.10. The van der Waals surface area contributed by atoms with Crippen molar-refractivity contribution in [2.24, 2.45) is 4.99 Å². The third-order valence-corrected chi connectivity index (χ3v) is 2.25.